The van der Waals surface area contributed by atoms with Gasteiger partial charge in [0.1, 0.15) is 11.5 Å². The molecule has 0 spiro atoms. The molecule has 1 atom stereocenters. The van der Waals surface area contributed by atoms with Crippen molar-refractivity contribution < 1.29 is 45.3 Å². The molecule has 10 heteroatoms. The van der Waals surface area contributed by atoms with Crippen molar-refractivity contribution in [3.8, 4) is 11.5 Å². The van der Waals surface area contributed by atoms with E-state index >= 15 is 0 Å². The number of ether oxygens (including phenoxy) is 3. The lowest BCUT2D eigenvalue weighted by atomic mass is 9.97. The van der Waals surface area contributed by atoms with Crippen LogP contribution in [0, 0.1) is 0 Å². The molecule has 1 aliphatic rings. The number of carbonyl (C=O) groups excluding carboxylic acids is 1. The van der Waals surface area contributed by atoms with Gasteiger partial charge >= 0.3 is 18.5 Å². The van der Waals surface area contributed by atoms with Crippen LogP contribution in [0.15, 0.2) is 17.7 Å². The van der Waals surface area contributed by atoms with E-state index in [4.69, 9.17) is 4.74 Å². The molecule has 0 bridgehead atoms. The second kappa shape index (κ2) is 7.08. The number of rotatable bonds is 4. The van der Waals surface area contributed by atoms with E-state index in [0.717, 1.165) is 18.2 Å². The molecule has 0 saturated heterocycles. The Morgan fingerprint density at radius 1 is 1.15 bits per heavy atom. The predicted molar refractivity (Wildman–Crippen MR) is 77.6 cm³/mol. The molecule has 2 rings (SSSR count). The number of aryl methyl sites for hydroxylation is 1. The Labute approximate surface area is 144 Å². The fraction of sp³-hybridized carbons (Fsp3) is 0.438. The van der Waals surface area contributed by atoms with Gasteiger partial charge < -0.3 is 14.2 Å². The summed E-state index contributed by atoms with van der Waals surface area (Å²) < 4.78 is 90.5. The molecular formula is C16H14F6O4. The van der Waals surface area contributed by atoms with Crippen LogP contribution < -0.4 is 9.47 Å². The molecule has 26 heavy (non-hydrogen) atoms. The smallest absolute Gasteiger partial charge is 0.475 e. The van der Waals surface area contributed by atoms with Crippen molar-refractivity contribution in [2.75, 3.05) is 6.61 Å². The molecule has 0 unspecified atom stereocenters. The molecule has 144 valence electrons. The molecule has 0 radical (unpaired) electrons. The molecule has 0 N–H and O–H groups in total. The van der Waals surface area contributed by atoms with Crippen LogP contribution in [0.1, 0.15) is 25.0 Å². The van der Waals surface area contributed by atoms with E-state index in [1.54, 1.807) is 0 Å². The van der Waals surface area contributed by atoms with Gasteiger partial charge in [0.25, 0.3) is 0 Å². The van der Waals surface area contributed by atoms with Crippen molar-refractivity contribution in [3.05, 3.63) is 28.8 Å². The Balaban J connectivity index is 2.58. The highest BCUT2D eigenvalue weighted by atomic mass is 19.4. The molecule has 0 saturated carbocycles. The number of halogens is 6. The Hall–Kier alpha value is -2.39. The summed E-state index contributed by atoms with van der Waals surface area (Å²) in [5.41, 5.74) is -0.902. The van der Waals surface area contributed by atoms with E-state index < -0.39 is 35.9 Å². The molecule has 1 aliphatic heterocycles. The van der Waals surface area contributed by atoms with E-state index in [9.17, 15) is 31.1 Å². The predicted octanol–water partition coefficient (Wildman–Crippen LogP) is 4.42. The Bertz CT molecular complexity index is 721. The van der Waals surface area contributed by atoms with Crippen LogP contribution in [-0.2, 0) is 16.0 Å². The number of hydrogen-bond acceptors (Lipinski definition) is 4. The fourth-order valence-electron chi connectivity index (χ4n) is 2.44. The van der Waals surface area contributed by atoms with E-state index in [-0.39, 0.29) is 29.9 Å². The summed E-state index contributed by atoms with van der Waals surface area (Å²) in [4.78, 5) is 11.9. The summed E-state index contributed by atoms with van der Waals surface area (Å²) in [6.07, 6.45) is -11.6. The van der Waals surface area contributed by atoms with Gasteiger partial charge in [-0.15, -0.1) is 13.2 Å². The third-order valence-electron chi connectivity index (χ3n) is 3.42. The van der Waals surface area contributed by atoms with Gasteiger partial charge in [-0.1, -0.05) is 6.92 Å². The second-order valence-electron chi connectivity index (χ2n) is 5.26. The molecule has 0 aliphatic carbocycles. The highest BCUT2D eigenvalue weighted by molar-refractivity contribution is 5.96. The first-order valence-corrected chi connectivity index (χ1v) is 7.51. The molecule has 0 aromatic heterocycles. The molecule has 1 aromatic rings. The fourth-order valence-corrected chi connectivity index (χ4v) is 2.44. The second-order valence-corrected chi connectivity index (χ2v) is 5.26. The van der Waals surface area contributed by atoms with Crippen LogP contribution in [0.25, 0.3) is 6.08 Å². The monoisotopic (exact) mass is 384 g/mol. The number of fused-ring (bicyclic) bond motifs is 1. The van der Waals surface area contributed by atoms with Gasteiger partial charge in [-0.3, -0.25) is 0 Å². The number of hydrogen-bond donors (Lipinski definition) is 0. The Morgan fingerprint density at radius 3 is 2.31 bits per heavy atom. The average molecular weight is 384 g/mol. The van der Waals surface area contributed by atoms with Gasteiger partial charge in [-0.25, -0.2) is 4.79 Å². The normalized spacial score (nSPS) is 17.1. The van der Waals surface area contributed by atoms with Crippen molar-refractivity contribution in [1.82, 2.24) is 0 Å². The van der Waals surface area contributed by atoms with Gasteiger partial charge in [0.15, 0.2) is 0 Å². The van der Waals surface area contributed by atoms with Gasteiger partial charge in [0, 0.05) is 5.56 Å². The zero-order valence-electron chi connectivity index (χ0n) is 13.6. The minimum atomic E-state index is -4.98. The van der Waals surface area contributed by atoms with E-state index in [2.05, 4.69) is 9.47 Å². The van der Waals surface area contributed by atoms with Crippen molar-refractivity contribution in [2.24, 2.45) is 0 Å². The lowest BCUT2D eigenvalue weighted by Crippen LogP contribution is -2.41. The third-order valence-corrected chi connectivity index (χ3v) is 3.42. The van der Waals surface area contributed by atoms with Gasteiger partial charge in [-0.05, 0) is 37.1 Å². The maximum atomic E-state index is 13.3. The lowest BCUT2D eigenvalue weighted by molar-refractivity contribution is -0.274. The Kier molecular flexibility index (Phi) is 5.43. The number of benzene rings is 1. The van der Waals surface area contributed by atoms with Gasteiger partial charge in [-0.2, -0.15) is 13.2 Å². The van der Waals surface area contributed by atoms with Crippen LogP contribution in [-0.4, -0.2) is 31.2 Å². The van der Waals surface area contributed by atoms with Crippen molar-refractivity contribution in [3.63, 3.8) is 0 Å². The standard InChI is InChI=1S/C16H14F6O4/c1-3-8-5-10(26-16(20,21)22)6-9-7-11(14(23)24-4-2)13(15(17,18)19)25-12(8)9/h5-7,13H,3-4H2,1-2H3/t13-/m0/s1. The summed E-state index contributed by atoms with van der Waals surface area (Å²) in [6.45, 7) is 2.76. The molecule has 0 fully saturated rings. The van der Waals surface area contributed by atoms with E-state index in [0.29, 0.717) is 0 Å². The quantitative estimate of drug-likeness (QED) is 0.570. The maximum Gasteiger partial charge on any atom is 0.573 e. The summed E-state index contributed by atoms with van der Waals surface area (Å²) >= 11 is 0. The first-order chi connectivity index (χ1) is 12.0. The van der Waals surface area contributed by atoms with E-state index in [1.807, 2.05) is 0 Å². The number of alkyl halides is 6. The largest absolute Gasteiger partial charge is 0.573 e. The zero-order valence-corrected chi connectivity index (χ0v) is 13.6. The molecule has 1 heterocycles. The maximum absolute atomic E-state index is 13.3. The summed E-state index contributed by atoms with van der Waals surface area (Å²) in [7, 11) is 0. The van der Waals surface area contributed by atoms with Gasteiger partial charge in [0.2, 0.25) is 6.10 Å². The van der Waals surface area contributed by atoms with Crippen LogP contribution in [0.2, 0.25) is 0 Å². The Morgan fingerprint density at radius 2 is 1.81 bits per heavy atom. The topological polar surface area (TPSA) is 44.8 Å². The lowest BCUT2D eigenvalue weighted by Gasteiger charge is -2.29. The van der Waals surface area contributed by atoms with Crippen LogP contribution >= 0.6 is 0 Å². The number of esters is 1. The van der Waals surface area contributed by atoms with Gasteiger partial charge in [0.05, 0.1) is 12.2 Å². The van der Waals surface area contributed by atoms with Crippen LogP contribution in [0.5, 0.6) is 11.5 Å². The minimum Gasteiger partial charge on any atom is -0.475 e. The van der Waals surface area contributed by atoms with E-state index in [1.165, 1.54) is 13.8 Å². The molecule has 1 aromatic carbocycles. The number of carbonyl (C=O) groups is 1. The first kappa shape index (κ1) is 19.9. The van der Waals surface area contributed by atoms with Crippen molar-refractivity contribution in [1.29, 1.82) is 0 Å². The van der Waals surface area contributed by atoms with Crippen LogP contribution in [0.3, 0.4) is 0 Å². The highest BCUT2D eigenvalue weighted by Crippen LogP contribution is 2.42. The minimum absolute atomic E-state index is 0.0789. The molecule has 4 nitrogen and oxygen atoms in total. The SMILES string of the molecule is CCOC(=O)C1=Cc2cc(OC(F)(F)F)cc(CC)c2O[C@@H]1C(F)(F)F. The van der Waals surface area contributed by atoms with Crippen molar-refractivity contribution >= 4 is 12.0 Å². The van der Waals surface area contributed by atoms with Crippen molar-refractivity contribution in [2.45, 2.75) is 38.9 Å². The highest BCUT2D eigenvalue weighted by Gasteiger charge is 2.49. The summed E-state index contributed by atoms with van der Waals surface area (Å²) in [5.74, 6) is -2.14. The summed E-state index contributed by atoms with van der Waals surface area (Å²) in [6, 6.07) is 1.80. The van der Waals surface area contributed by atoms with Crippen LogP contribution in [0.4, 0.5) is 26.3 Å². The molecular weight excluding hydrogens is 370 g/mol. The zero-order chi connectivity index (χ0) is 19.7. The third kappa shape index (κ3) is 4.41. The summed E-state index contributed by atoms with van der Waals surface area (Å²) in [5, 5.41) is 0. The average Bonchev–Trinajstić information content (AvgIpc) is 2.50. The molecule has 0 amide bonds. The first-order valence-electron chi connectivity index (χ1n) is 7.51.